The van der Waals surface area contributed by atoms with Crippen molar-refractivity contribution in [2.75, 3.05) is 24.9 Å². The number of rotatable bonds is 3. The van der Waals surface area contributed by atoms with E-state index in [0.717, 1.165) is 31.2 Å². The van der Waals surface area contributed by atoms with Crippen LogP contribution in [-0.4, -0.2) is 40.2 Å². The molecule has 1 aromatic heterocycles. The third kappa shape index (κ3) is 7.40. The first kappa shape index (κ1) is 26.2. The molecular formula is C23H31ClN4O3. The summed E-state index contributed by atoms with van der Waals surface area (Å²) in [5.74, 6) is 0.612. The number of hydrogen-bond donors (Lipinski definition) is 4. The summed E-state index contributed by atoms with van der Waals surface area (Å²) in [7, 11) is 2.00. The van der Waals surface area contributed by atoms with Crippen molar-refractivity contribution >= 4 is 29.1 Å². The minimum atomic E-state index is -0.340. The third-order valence-corrected chi connectivity index (χ3v) is 4.42. The van der Waals surface area contributed by atoms with E-state index < -0.39 is 0 Å². The molecule has 0 saturated heterocycles. The largest absolute Gasteiger partial charge is 0.400 e. The summed E-state index contributed by atoms with van der Waals surface area (Å²) in [4.78, 5) is 12.5. The predicted molar refractivity (Wildman–Crippen MR) is 127 cm³/mol. The van der Waals surface area contributed by atoms with Gasteiger partial charge in [-0.25, -0.2) is 9.48 Å². The number of aliphatic hydroxyl groups excluding tert-OH is 2. The third-order valence-electron chi connectivity index (χ3n) is 4.17. The molecule has 1 heterocycles. The van der Waals surface area contributed by atoms with E-state index in [-0.39, 0.29) is 11.4 Å². The van der Waals surface area contributed by atoms with Crippen molar-refractivity contribution in [1.29, 1.82) is 0 Å². The van der Waals surface area contributed by atoms with E-state index in [1.54, 1.807) is 28.9 Å². The number of amides is 2. The van der Waals surface area contributed by atoms with Gasteiger partial charge in [0, 0.05) is 36.4 Å². The zero-order valence-electron chi connectivity index (χ0n) is 18.8. The summed E-state index contributed by atoms with van der Waals surface area (Å²) in [5.41, 5.74) is 3.41. The molecule has 0 saturated carbocycles. The van der Waals surface area contributed by atoms with Gasteiger partial charge in [-0.1, -0.05) is 50.6 Å². The summed E-state index contributed by atoms with van der Waals surface area (Å²) in [6.07, 6.45) is 0. The minimum absolute atomic E-state index is 0.142. The number of benzene rings is 2. The molecule has 0 spiro atoms. The molecule has 0 fully saturated rings. The number of carbonyl (C=O) groups excluding carboxylic acids is 1. The molecule has 3 aromatic rings. The van der Waals surface area contributed by atoms with Crippen molar-refractivity contribution in [3.05, 3.63) is 70.9 Å². The number of para-hydroxylation sites is 1. The molecule has 4 N–H and O–H groups in total. The molecule has 7 nitrogen and oxygen atoms in total. The lowest BCUT2D eigenvalue weighted by Crippen LogP contribution is -2.21. The Morgan fingerprint density at radius 2 is 1.55 bits per heavy atom. The summed E-state index contributed by atoms with van der Waals surface area (Å²) in [6.45, 7) is 8.30. The number of urea groups is 1. The molecule has 0 radical (unpaired) electrons. The van der Waals surface area contributed by atoms with Crippen LogP contribution in [0.5, 0.6) is 0 Å². The Kier molecular flexibility index (Phi) is 10.2. The minimum Gasteiger partial charge on any atom is -0.400 e. The fourth-order valence-corrected chi connectivity index (χ4v) is 2.76. The Morgan fingerprint density at radius 1 is 0.968 bits per heavy atom. The maximum atomic E-state index is 12.5. The van der Waals surface area contributed by atoms with E-state index in [1.165, 1.54) is 0 Å². The average molecular weight is 447 g/mol. The number of aryl methyl sites for hydroxylation is 1. The van der Waals surface area contributed by atoms with Crippen LogP contribution in [0.15, 0.2) is 54.6 Å². The molecule has 2 amide bonds. The first-order valence-electron chi connectivity index (χ1n) is 9.63. The molecule has 0 aliphatic rings. The van der Waals surface area contributed by atoms with Crippen LogP contribution in [0.3, 0.4) is 0 Å². The lowest BCUT2D eigenvalue weighted by atomic mass is 9.92. The summed E-state index contributed by atoms with van der Waals surface area (Å²) in [6, 6.07) is 16.5. The number of anilines is 2. The van der Waals surface area contributed by atoms with E-state index in [4.69, 9.17) is 26.9 Å². The van der Waals surface area contributed by atoms with Gasteiger partial charge in [0.1, 0.15) is 5.82 Å². The van der Waals surface area contributed by atoms with Gasteiger partial charge in [-0.05, 0) is 42.8 Å². The standard InChI is InChI=1S/C21H23ClN4O.2CH4O/c1-14-7-5-6-8-17(14)26-19(13-18(25-26)21(2,3)4)24-20(27)23-16-11-9-15(22)10-12-16;2*1-2/h5-13H,1-4H3,(H2,23,24,27);2*2H,1H3. The number of aromatic nitrogens is 2. The Balaban J connectivity index is 0.00000113. The van der Waals surface area contributed by atoms with Crippen molar-refractivity contribution in [2.24, 2.45) is 0 Å². The molecule has 168 valence electrons. The number of halogens is 1. The van der Waals surface area contributed by atoms with Crippen LogP contribution in [0.1, 0.15) is 32.0 Å². The van der Waals surface area contributed by atoms with Crippen LogP contribution < -0.4 is 10.6 Å². The number of nitrogens with zero attached hydrogens (tertiary/aromatic N) is 2. The van der Waals surface area contributed by atoms with Crippen LogP contribution >= 0.6 is 11.6 Å². The van der Waals surface area contributed by atoms with Crippen LogP contribution in [0.25, 0.3) is 5.69 Å². The lowest BCUT2D eigenvalue weighted by Gasteiger charge is -2.14. The molecule has 0 aliphatic carbocycles. The predicted octanol–water partition coefficient (Wildman–Crippen LogP) is 4.99. The molecule has 0 unspecified atom stereocenters. The zero-order chi connectivity index (χ0) is 23.6. The SMILES string of the molecule is CO.CO.Cc1ccccc1-n1nc(C(C)(C)C)cc1NC(=O)Nc1ccc(Cl)cc1. The van der Waals surface area contributed by atoms with Crippen LogP contribution in [0.4, 0.5) is 16.3 Å². The van der Waals surface area contributed by atoms with Gasteiger partial charge in [-0.3, -0.25) is 5.32 Å². The highest BCUT2D eigenvalue weighted by atomic mass is 35.5. The number of aliphatic hydroxyl groups is 2. The second-order valence-corrected chi connectivity index (χ2v) is 7.89. The monoisotopic (exact) mass is 446 g/mol. The van der Waals surface area contributed by atoms with Gasteiger partial charge < -0.3 is 15.5 Å². The molecular weight excluding hydrogens is 416 g/mol. The molecule has 0 atom stereocenters. The Hall–Kier alpha value is -2.87. The van der Waals surface area contributed by atoms with Gasteiger partial charge in [-0.15, -0.1) is 0 Å². The Labute approximate surface area is 188 Å². The van der Waals surface area contributed by atoms with Crippen LogP contribution in [-0.2, 0) is 5.41 Å². The number of carbonyl (C=O) groups is 1. The molecule has 8 heteroatoms. The maximum absolute atomic E-state index is 12.5. The smallest absolute Gasteiger partial charge is 0.324 e. The Bertz CT molecular complexity index is 964. The summed E-state index contributed by atoms with van der Waals surface area (Å²) in [5, 5.41) is 25.1. The van der Waals surface area contributed by atoms with Crippen molar-refractivity contribution in [1.82, 2.24) is 9.78 Å². The maximum Gasteiger partial charge on any atom is 0.324 e. The van der Waals surface area contributed by atoms with Gasteiger partial charge in [0.2, 0.25) is 0 Å². The number of nitrogens with one attached hydrogen (secondary N) is 2. The first-order chi connectivity index (χ1) is 14.7. The summed E-state index contributed by atoms with van der Waals surface area (Å²) >= 11 is 5.89. The van der Waals surface area contributed by atoms with E-state index in [2.05, 4.69) is 31.4 Å². The van der Waals surface area contributed by atoms with Crippen molar-refractivity contribution in [3.63, 3.8) is 0 Å². The van der Waals surface area contributed by atoms with Gasteiger partial charge >= 0.3 is 6.03 Å². The van der Waals surface area contributed by atoms with Gasteiger partial charge in [0.15, 0.2) is 0 Å². The second kappa shape index (κ2) is 12.1. The fraction of sp³-hybridized carbons (Fsp3) is 0.304. The van der Waals surface area contributed by atoms with Crippen molar-refractivity contribution in [3.8, 4) is 5.69 Å². The van der Waals surface area contributed by atoms with E-state index in [0.29, 0.717) is 16.5 Å². The quantitative estimate of drug-likeness (QED) is 0.455. The van der Waals surface area contributed by atoms with Gasteiger partial charge in [0.05, 0.1) is 11.4 Å². The highest BCUT2D eigenvalue weighted by molar-refractivity contribution is 6.30. The average Bonchev–Trinajstić information content (AvgIpc) is 3.17. The highest BCUT2D eigenvalue weighted by Gasteiger charge is 2.22. The van der Waals surface area contributed by atoms with Crippen molar-refractivity contribution < 1.29 is 15.0 Å². The summed E-state index contributed by atoms with van der Waals surface area (Å²) < 4.78 is 1.78. The second-order valence-electron chi connectivity index (χ2n) is 7.45. The lowest BCUT2D eigenvalue weighted by molar-refractivity contribution is 0.262. The first-order valence-corrected chi connectivity index (χ1v) is 10.0. The molecule has 0 bridgehead atoms. The van der Waals surface area contributed by atoms with E-state index in [9.17, 15) is 4.79 Å². The zero-order valence-corrected chi connectivity index (χ0v) is 19.5. The van der Waals surface area contributed by atoms with Crippen LogP contribution in [0.2, 0.25) is 5.02 Å². The van der Waals surface area contributed by atoms with E-state index >= 15 is 0 Å². The Morgan fingerprint density at radius 3 is 2.10 bits per heavy atom. The molecule has 0 aliphatic heterocycles. The number of hydrogen-bond acceptors (Lipinski definition) is 4. The van der Waals surface area contributed by atoms with Gasteiger partial charge in [0.25, 0.3) is 0 Å². The fourth-order valence-electron chi connectivity index (χ4n) is 2.63. The highest BCUT2D eigenvalue weighted by Crippen LogP contribution is 2.27. The molecule has 2 aromatic carbocycles. The normalized spacial score (nSPS) is 10.2. The topological polar surface area (TPSA) is 99.4 Å². The molecule has 3 rings (SSSR count). The van der Waals surface area contributed by atoms with Gasteiger partial charge in [-0.2, -0.15) is 5.10 Å². The van der Waals surface area contributed by atoms with E-state index in [1.807, 2.05) is 37.3 Å². The van der Waals surface area contributed by atoms with Crippen molar-refractivity contribution in [2.45, 2.75) is 33.1 Å². The molecule has 31 heavy (non-hydrogen) atoms. The van der Waals surface area contributed by atoms with Crippen LogP contribution in [0, 0.1) is 6.92 Å².